The van der Waals surface area contributed by atoms with Crippen molar-refractivity contribution >= 4 is 29.1 Å². The number of anilines is 1. The lowest BCUT2D eigenvalue weighted by Crippen LogP contribution is -2.43. The van der Waals surface area contributed by atoms with Gasteiger partial charge < -0.3 is 10.2 Å². The number of hydrogen-bond donors (Lipinski definition) is 1. The van der Waals surface area contributed by atoms with Crippen LogP contribution in [0.15, 0.2) is 48.5 Å². The lowest BCUT2D eigenvalue weighted by Gasteiger charge is -2.24. The van der Waals surface area contributed by atoms with Crippen molar-refractivity contribution in [3.05, 3.63) is 64.9 Å². The molecule has 1 aliphatic rings. The molecule has 24 heavy (non-hydrogen) atoms. The Kier molecular flexibility index (Phi) is 4.81. The van der Waals surface area contributed by atoms with E-state index in [1.54, 1.807) is 30.3 Å². The minimum Gasteiger partial charge on any atom is -0.327 e. The second-order valence-electron chi connectivity index (χ2n) is 5.63. The summed E-state index contributed by atoms with van der Waals surface area (Å²) in [5.74, 6) is -1.31. The lowest BCUT2D eigenvalue weighted by molar-refractivity contribution is -0.119. The molecule has 1 heterocycles. The average molecular weight is 347 g/mol. The van der Waals surface area contributed by atoms with Crippen LogP contribution in [-0.4, -0.2) is 29.3 Å². The van der Waals surface area contributed by atoms with Crippen molar-refractivity contribution < 1.29 is 14.0 Å². The van der Waals surface area contributed by atoms with E-state index in [0.29, 0.717) is 30.1 Å². The highest BCUT2D eigenvalue weighted by Crippen LogP contribution is 2.23. The first-order chi connectivity index (χ1) is 11.6. The fourth-order valence-corrected chi connectivity index (χ4v) is 2.96. The summed E-state index contributed by atoms with van der Waals surface area (Å²) in [6.07, 6.45) is 1.26. The predicted octanol–water partition coefficient (Wildman–Crippen LogP) is 3.72. The highest BCUT2D eigenvalue weighted by molar-refractivity contribution is 6.30. The number of rotatable bonds is 3. The van der Waals surface area contributed by atoms with E-state index in [1.807, 2.05) is 0 Å². The minimum atomic E-state index is -0.604. The van der Waals surface area contributed by atoms with Gasteiger partial charge in [-0.2, -0.15) is 0 Å². The Morgan fingerprint density at radius 1 is 1.12 bits per heavy atom. The summed E-state index contributed by atoms with van der Waals surface area (Å²) in [6, 6.07) is 11.9. The summed E-state index contributed by atoms with van der Waals surface area (Å²) in [5, 5.41) is 3.35. The average Bonchev–Trinajstić information content (AvgIpc) is 3.06. The zero-order valence-electron chi connectivity index (χ0n) is 12.8. The molecule has 124 valence electrons. The summed E-state index contributed by atoms with van der Waals surface area (Å²) in [5.41, 5.74) is 0.596. The van der Waals surface area contributed by atoms with Gasteiger partial charge in [0.2, 0.25) is 5.91 Å². The van der Waals surface area contributed by atoms with E-state index in [9.17, 15) is 14.0 Å². The van der Waals surface area contributed by atoms with Crippen LogP contribution in [0, 0.1) is 5.82 Å². The molecule has 0 aliphatic carbocycles. The molecule has 0 spiro atoms. The molecule has 6 heteroatoms. The molecule has 1 saturated heterocycles. The van der Waals surface area contributed by atoms with E-state index >= 15 is 0 Å². The van der Waals surface area contributed by atoms with Gasteiger partial charge >= 0.3 is 0 Å². The van der Waals surface area contributed by atoms with Crippen LogP contribution < -0.4 is 5.32 Å². The van der Waals surface area contributed by atoms with E-state index < -0.39 is 17.8 Å². The standard InChI is InChI=1S/C18H16ClFN2O2/c19-12-7-9-13(10-8-12)21-17(23)16-6-3-11-22(16)18(24)14-4-1-2-5-15(14)20/h1-2,4-5,7-10,16H,3,6,11H2,(H,21,23). The Morgan fingerprint density at radius 2 is 1.83 bits per heavy atom. The quantitative estimate of drug-likeness (QED) is 0.920. The van der Waals surface area contributed by atoms with Gasteiger partial charge in [0.25, 0.3) is 5.91 Å². The van der Waals surface area contributed by atoms with Gasteiger partial charge in [-0.15, -0.1) is 0 Å². The zero-order chi connectivity index (χ0) is 17.1. The second kappa shape index (κ2) is 7.01. The number of hydrogen-bond acceptors (Lipinski definition) is 2. The van der Waals surface area contributed by atoms with Gasteiger partial charge in [0.05, 0.1) is 5.56 Å². The molecular weight excluding hydrogens is 331 g/mol. The van der Waals surface area contributed by atoms with Gasteiger partial charge in [0.1, 0.15) is 11.9 Å². The van der Waals surface area contributed by atoms with Gasteiger partial charge in [-0.1, -0.05) is 23.7 Å². The fourth-order valence-electron chi connectivity index (χ4n) is 2.83. The minimum absolute atomic E-state index is 0.0105. The Balaban J connectivity index is 1.75. The van der Waals surface area contributed by atoms with Crippen LogP contribution in [0.4, 0.5) is 10.1 Å². The summed E-state index contributed by atoms with van der Waals surface area (Å²) >= 11 is 5.82. The first-order valence-electron chi connectivity index (χ1n) is 7.68. The van der Waals surface area contributed by atoms with Crippen molar-refractivity contribution in [3.8, 4) is 0 Å². The molecule has 1 unspecified atom stereocenters. The van der Waals surface area contributed by atoms with E-state index in [-0.39, 0.29) is 11.5 Å². The summed E-state index contributed by atoms with van der Waals surface area (Å²) in [4.78, 5) is 26.5. The van der Waals surface area contributed by atoms with Gasteiger partial charge in [0.15, 0.2) is 0 Å². The molecular formula is C18H16ClFN2O2. The number of amides is 2. The first-order valence-corrected chi connectivity index (χ1v) is 8.06. The largest absolute Gasteiger partial charge is 0.327 e. The number of benzene rings is 2. The number of carbonyl (C=O) groups excluding carboxylic acids is 2. The Morgan fingerprint density at radius 3 is 2.54 bits per heavy atom. The third kappa shape index (κ3) is 3.41. The van der Waals surface area contributed by atoms with Crippen LogP contribution in [0.5, 0.6) is 0 Å². The van der Waals surface area contributed by atoms with Crippen LogP contribution in [0.2, 0.25) is 5.02 Å². The summed E-state index contributed by atoms with van der Waals surface area (Å²) in [7, 11) is 0. The van der Waals surface area contributed by atoms with Gasteiger partial charge in [0, 0.05) is 17.3 Å². The Labute approximate surface area is 144 Å². The summed E-state index contributed by atoms with van der Waals surface area (Å²) < 4.78 is 13.8. The lowest BCUT2D eigenvalue weighted by atomic mass is 10.1. The fraction of sp³-hybridized carbons (Fsp3) is 0.222. The van der Waals surface area contributed by atoms with E-state index in [0.717, 1.165) is 0 Å². The van der Waals surface area contributed by atoms with Crippen LogP contribution in [0.25, 0.3) is 0 Å². The number of carbonyl (C=O) groups is 2. The van der Waals surface area contributed by atoms with E-state index in [2.05, 4.69) is 5.32 Å². The molecule has 0 radical (unpaired) electrons. The maximum Gasteiger partial charge on any atom is 0.257 e. The van der Waals surface area contributed by atoms with E-state index in [4.69, 9.17) is 11.6 Å². The molecule has 2 amide bonds. The monoisotopic (exact) mass is 346 g/mol. The first kappa shape index (κ1) is 16.5. The number of halogens is 2. The molecule has 3 rings (SSSR count). The molecule has 4 nitrogen and oxygen atoms in total. The van der Waals surface area contributed by atoms with Crippen LogP contribution >= 0.6 is 11.6 Å². The normalized spacial score (nSPS) is 16.9. The SMILES string of the molecule is O=C(Nc1ccc(Cl)cc1)C1CCCN1C(=O)c1ccccc1F. The maximum absolute atomic E-state index is 13.8. The predicted molar refractivity (Wildman–Crippen MR) is 90.5 cm³/mol. The summed E-state index contributed by atoms with van der Waals surface area (Å²) in [6.45, 7) is 0.436. The van der Waals surface area contributed by atoms with Crippen molar-refractivity contribution in [1.29, 1.82) is 0 Å². The van der Waals surface area contributed by atoms with Crippen LogP contribution in [-0.2, 0) is 4.79 Å². The smallest absolute Gasteiger partial charge is 0.257 e. The van der Waals surface area contributed by atoms with Crippen molar-refractivity contribution in [2.45, 2.75) is 18.9 Å². The topological polar surface area (TPSA) is 49.4 Å². The van der Waals surface area contributed by atoms with Crippen LogP contribution in [0.1, 0.15) is 23.2 Å². The third-order valence-electron chi connectivity index (χ3n) is 4.03. The highest BCUT2D eigenvalue weighted by atomic mass is 35.5. The third-order valence-corrected chi connectivity index (χ3v) is 4.28. The van der Waals surface area contributed by atoms with Crippen molar-refractivity contribution in [2.24, 2.45) is 0 Å². The maximum atomic E-state index is 13.8. The second-order valence-corrected chi connectivity index (χ2v) is 6.07. The van der Waals surface area contributed by atoms with Crippen molar-refractivity contribution in [1.82, 2.24) is 4.90 Å². The number of nitrogens with one attached hydrogen (secondary N) is 1. The molecule has 1 fully saturated rings. The molecule has 1 N–H and O–H groups in total. The molecule has 2 aromatic carbocycles. The molecule has 0 bridgehead atoms. The van der Waals surface area contributed by atoms with Crippen molar-refractivity contribution in [2.75, 3.05) is 11.9 Å². The van der Waals surface area contributed by atoms with Gasteiger partial charge in [-0.05, 0) is 49.2 Å². The highest BCUT2D eigenvalue weighted by Gasteiger charge is 2.35. The Bertz CT molecular complexity index is 764. The molecule has 1 atom stereocenters. The zero-order valence-corrected chi connectivity index (χ0v) is 13.6. The molecule has 1 aliphatic heterocycles. The molecule has 0 aromatic heterocycles. The molecule has 2 aromatic rings. The number of nitrogens with zero attached hydrogens (tertiary/aromatic N) is 1. The Hall–Kier alpha value is -2.40. The van der Waals surface area contributed by atoms with Crippen molar-refractivity contribution in [3.63, 3.8) is 0 Å². The van der Waals surface area contributed by atoms with Gasteiger partial charge in [-0.25, -0.2) is 4.39 Å². The van der Waals surface area contributed by atoms with E-state index in [1.165, 1.54) is 23.1 Å². The van der Waals surface area contributed by atoms with Gasteiger partial charge in [-0.3, -0.25) is 9.59 Å². The van der Waals surface area contributed by atoms with Crippen LogP contribution in [0.3, 0.4) is 0 Å². The number of likely N-dealkylation sites (tertiary alicyclic amines) is 1. The molecule has 0 saturated carbocycles.